The summed E-state index contributed by atoms with van der Waals surface area (Å²) in [6.07, 6.45) is 3.16. The van der Waals surface area contributed by atoms with Crippen molar-refractivity contribution < 1.29 is 28.9 Å². The maximum atomic E-state index is 13.6. The quantitative estimate of drug-likeness (QED) is 0.111. The Morgan fingerprint density at radius 2 is 1.80 bits per heavy atom. The number of Topliss-reactive ketones (excluding diaryl/α,β-unsaturated/α-hetero) is 1. The van der Waals surface area contributed by atoms with Crippen LogP contribution < -0.4 is 19.1 Å². The van der Waals surface area contributed by atoms with Gasteiger partial charge in [0.2, 0.25) is 0 Å². The lowest BCUT2D eigenvalue weighted by molar-refractivity contribution is -0.132. The van der Waals surface area contributed by atoms with Crippen LogP contribution >= 0.6 is 11.3 Å². The van der Waals surface area contributed by atoms with Gasteiger partial charge in [-0.05, 0) is 66.9 Å². The van der Waals surface area contributed by atoms with E-state index in [9.17, 15) is 14.7 Å². The number of thiazole rings is 1. The number of aryl methyl sites for hydroxylation is 1. The molecule has 8 nitrogen and oxygen atoms in total. The predicted molar refractivity (Wildman–Crippen MR) is 158 cm³/mol. The van der Waals surface area contributed by atoms with Crippen molar-refractivity contribution in [2.45, 2.75) is 39.2 Å². The number of fused-ring (bicyclic) bond motifs is 2. The van der Waals surface area contributed by atoms with E-state index in [4.69, 9.17) is 19.2 Å². The van der Waals surface area contributed by atoms with Gasteiger partial charge in [-0.3, -0.25) is 14.5 Å². The molecule has 1 fully saturated rings. The maximum Gasteiger partial charge on any atom is 0.301 e. The Labute approximate surface area is 241 Å². The molecule has 1 aromatic heterocycles. The fourth-order valence-electron chi connectivity index (χ4n) is 5.10. The summed E-state index contributed by atoms with van der Waals surface area (Å²) in [6.45, 7) is 5.56. The van der Waals surface area contributed by atoms with Gasteiger partial charge in [-0.15, -0.1) is 0 Å². The van der Waals surface area contributed by atoms with Crippen LogP contribution in [-0.4, -0.2) is 41.6 Å². The highest BCUT2D eigenvalue weighted by Crippen LogP contribution is 2.45. The number of aliphatic hydroxyl groups is 1. The van der Waals surface area contributed by atoms with Gasteiger partial charge >= 0.3 is 5.91 Å². The summed E-state index contributed by atoms with van der Waals surface area (Å²) >= 11 is 1.34. The highest BCUT2D eigenvalue weighted by molar-refractivity contribution is 7.22. The summed E-state index contributed by atoms with van der Waals surface area (Å²) < 4.78 is 18.1. The number of carbonyl (C=O) groups excluding carboxylic acids is 2. The number of amides is 1. The Hall–Kier alpha value is -4.37. The fraction of sp³-hybridized carbons (Fsp3) is 0.281. The first-order valence-electron chi connectivity index (χ1n) is 13.8. The summed E-state index contributed by atoms with van der Waals surface area (Å²) in [5.41, 5.74) is 2.80. The molecule has 0 spiro atoms. The molecule has 210 valence electrons. The fourth-order valence-corrected chi connectivity index (χ4v) is 6.19. The van der Waals surface area contributed by atoms with Gasteiger partial charge < -0.3 is 19.3 Å². The Morgan fingerprint density at radius 1 is 1.02 bits per heavy atom. The minimum absolute atomic E-state index is 0.0151. The molecule has 3 heterocycles. The highest BCUT2D eigenvalue weighted by atomic mass is 32.1. The zero-order chi connectivity index (χ0) is 28.5. The zero-order valence-electron chi connectivity index (χ0n) is 22.9. The maximum absolute atomic E-state index is 13.6. The van der Waals surface area contributed by atoms with Gasteiger partial charge in [-0.2, -0.15) is 0 Å². The normalized spacial score (nSPS) is 17.8. The number of hydrogen-bond donors (Lipinski definition) is 1. The van der Waals surface area contributed by atoms with Crippen molar-refractivity contribution in [1.29, 1.82) is 0 Å². The third kappa shape index (κ3) is 5.13. The van der Waals surface area contributed by atoms with Crippen LogP contribution in [0.4, 0.5) is 5.13 Å². The second-order valence-corrected chi connectivity index (χ2v) is 11.1. The van der Waals surface area contributed by atoms with Crippen molar-refractivity contribution in [3.63, 3.8) is 0 Å². The average molecular weight is 571 g/mol. The van der Waals surface area contributed by atoms with E-state index in [1.807, 2.05) is 49.4 Å². The van der Waals surface area contributed by atoms with E-state index in [1.165, 1.54) is 16.2 Å². The Morgan fingerprint density at radius 3 is 2.59 bits per heavy atom. The minimum atomic E-state index is -0.890. The summed E-state index contributed by atoms with van der Waals surface area (Å²) in [7, 11) is 0. The van der Waals surface area contributed by atoms with Crippen LogP contribution in [0.15, 0.2) is 66.2 Å². The average Bonchev–Trinajstić information content (AvgIpc) is 3.52. The number of carbonyl (C=O) groups is 2. The number of benzene rings is 3. The molecule has 2 aliphatic rings. The Bertz CT molecular complexity index is 1660. The largest absolute Gasteiger partial charge is 0.507 e. The van der Waals surface area contributed by atoms with Crippen molar-refractivity contribution in [2.24, 2.45) is 0 Å². The van der Waals surface area contributed by atoms with Gasteiger partial charge in [0, 0.05) is 5.56 Å². The van der Waals surface area contributed by atoms with E-state index < -0.39 is 17.7 Å². The first kappa shape index (κ1) is 26.8. The van der Waals surface area contributed by atoms with E-state index in [1.54, 1.807) is 18.2 Å². The topological polar surface area (TPSA) is 98.2 Å². The van der Waals surface area contributed by atoms with Crippen LogP contribution in [0.1, 0.15) is 48.9 Å². The number of aromatic nitrogens is 1. The number of ketones is 1. The molecule has 2 aliphatic heterocycles. The monoisotopic (exact) mass is 570 g/mol. The van der Waals surface area contributed by atoms with Gasteiger partial charge in [-0.25, -0.2) is 4.98 Å². The predicted octanol–water partition coefficient (Wildman–Crippen LogP) is 6.57. The first-order valence-corrected chi connectivity index (χ1v) is 14.6. The second-order valence-electron chi connectivity index (χ2n) is 10.1. The third-order valence-corrected chi connectivity index (χ3v) is 8.23. The smallest absolute Gasteiger partial charge is 0.301 e. The summed E-state index contributed by atoms with van der Waals surface area (Å²) in [6, 6.07) is 17.2. The van der Waals surface area contributed by atoms with E-state index in [-0.39, 0.29) is 11.3 Å². The first-order chi connectivity index (χ1) is 19.9. The minimum Gasteiger partial charge on any atom is -0.507 e. The standard InChI is InChI=1S/C32H30N2O6S/c1-3-4-5-14-38-22-10-7-20(8-11-22)28-27(29(35)21-9-13-24-25(18-21)40-16-15-39-24)30(36)31(37)34(28)32-33-23-12-6-19(2)17-26(23)41-32/h6-13,17-18,28,35H,3-5,14-16H2,1-2H3/t28-/m0/s1. The Kier molecular flexibility index (Phi) is 7.36. The van der Waals surface area contributed by atoms with Crippen molar-refractivity contribution in [2.75, 3.05) is 24.7 Å². The number of nitrogens with zero attached hydrogens (tertiary/aromatic N) is 2. The van der Waals surface area contributed by atoms with Crippen molar-refractivity contribution in [3.05, 3.63) is 82.9 Å². The number of ether oxygens (including phenoxy) is 3. The lowest BCUT2D eigenvalue weighted by atomic mass is 9.95. The van der Waals surface area contributed by atoms with Gasteiger partial charge in [-0.1, -0.05) is 49.3 Å². The molecule has 1 N–H and O–H groups in total. The molecular weight excluding hydrogens is 540 g/mol. The van der Waals surface area contributed by atoms with Crippen LogP contribution in [0.3, 0.4) is 0 Å². The summed E-state index contributed by atoms with van der Waals surface area (Å²) in [5.74, 6) is -0.0856. The Balaban J connectivity index is 1.44. The van der Waals surface area contributed by atoms with E-state index in [2.05, 4.69) is 6.92 Å². The molecule has 4 aromatic rings. The van der Waals surface area contributed by atoms with Crippen molar-refractivity contribution in [3.8, 4) is 17.2 Å². The molecule has 0 saturated carbocycles. The van der Waals surface area contributed by atoms with Crippen molar-refractivity contribution >= 4 is 44.1 Å². The van der Waals surface area contributed by atoms with E-state index in [0.29, 0.717) is 53.3 Å². The molecule has 1 atom stereocenters. The molecular formula is C32H30N2O6S. The third-order valence-electron chi connectivity index (χ3n) is 7.21. The lowest BCUT2D eigenvalue weighted by Gasteiger charge is -2.23. The summed E-state index contributed by atoms with van der Waals surface area (Å²) in [4.78, 5) is 33.3. The molecule has 1 saturated heterocycles. The lowest BCUT2D eigenvalue weighted by Crippen LogP contribution is -2.29. The number of anilines is 1. The van der Waals surface area contributed by atoms with Crippen LogP contribution in [0.2, 0.25) is 0 Å². The van der Waals surface area contributed by atoms with Gasteiger partial charge in [0.15, 0.2) is 16.6 Å². The van der Waals surface area contributed by atoms with E-state index >= 15 is 0 Å². The number of hydrogen-bond acceptors (Lipinski definition) is 8. The second kappa shape index (κ2) is 11.2. The van der Waals surface area contributed by atoms with Crippen LogP contribution in [0.25, 0.3) is 16.0 Å². The number of aliphatic hydroxyl groups excluding tert-OH is 1. The van der Waals surface area contributed by atoms with Crippen molar-refractivity contribution in [1.82, 2.24) is 4.98 Å². The molecule has 6 rings (SSSR count). The molecule has 0 aliphatic carbocycles. The SMILES string of the molecule is CCCCCOc1ccc([C@H]2C(=C(O)c3ccc4c(c3)OCCO4)C(=O)C(=O)N2c2nc3ccc(C)cc3s2)cc1. The number of unbranched alkanes of at least 4 members (excludes halogenated alkanes) is 2. The molecule has 1 amide bonds. The zero-order valence-corrected chi connectivity index (χ0v) is 23.7. The molecule has 0 radical (unpaired) electrons. The highest BCUT2D eigenvalue weighted by Gasteiger charge is 2.48. The van der Waals surface area contributed by atoms with Crippen LogP contribution in [0.5, 0.6) is 17.2 Å². The van der Waals surface area contributed by atoms with E-state index in [0.717, 1.165) is 35.0 Å². The molecule has 9 heteroatoms. The van der Waals surface area contributed by atoms with Crippen LogP contribution in [0, 0.1) is 6.92 Å². The molecule has 0 unspecified atom stereocenters. The molecule has 0 bridgehead atoms. The van der Waals surface area contributed by atoms with Gasteiger partial charge in [0.05, 0.1) is 28.4 Å². The van der Waals surface area contributed by atoms with Crippen LogP contribution in [-0.2, 0) is 9.59 Å². The number of rotatable bonds is 8. The molecule has 3 aromatic carbocycles. The van der Waals surface area contributed by atoms with Gasteiger partial charge in [0.1, 0.15) is 24.7 Å². The summed E-state index contributed by atoms with van der Waals surface area (Å²) in [5, 5.41) is 11.9. The molecule has 41 heavy (non-hydrogen) atoms. The van der Waals surface area contributed by atoms with Gasteiger partial charge in [0.25, 0.3) is 5.78 Å².